The molecule has 1 aliphatic heterocycles. The van der Waals surface area contributed by atoms with Crippen LogP contribution in [0.4, 0.5) is 0 Å². The number of ether oxygens (including phenoxy) is 2. The van der Waals surface area contributed by atoms with Gasteiger partial charge in [-0.3, -0.25) is 9.59 Å². The van der Waals surface area contributed by atoms with Gasteiger partial charge in [-0.1, -0.05) is 134 Å². The lowest BCUT2D eigenvalue weighted by atomic mass is 9.86. The van der Waals surface area contributed by atoms with Crippen molar-refractivity contribution < 1.29 is 23.9 Å². The minimum Gasteiger partial charge on any atom is -0.461 e. The van der Waals surface area contributed by atoms with Crippen LogP contribution in [0.15, 0.2) is 30.3 Å². The van der Waals surface area contributed by atoms with Crippen LogP contribution in [0.3, 0.4) is 0 Å². The van der Waals surface area contributed by atoms with Crippen molar-refractivity contribution in [2.24, 2.45) is 5.92 Å². The van der Waals surface area contributed by atoms with Crippen molar-refractivity contribution in [2.45, 2.75) is 154 Å². The molecule has 0 aromatic heterocycles. The Bertz CT molecular complexity index is 814. The summed E-state index contributed by atoms with van der Waals surface area (Å²) in [4.78, 5) is 36.6. The fourth-order valence-electron chi connectivity index (χ4n) is 5.61. The average Bonchev–Trinajstić information content (AvgIpc) is 2.95. The topological polar surface area (TPSA) is 81.7 Å². The molecule has 4 atom stereocenters. The van der Waals surface area contributed by atoms with Crippen LogP contribution in [0, 0.1) is 5.92 Å². The van der Waals surface area contributed by atoms with Crippen LogP contribution in [0.5, 0.6) is 0 Å². The highest BCUT2D eigenvalue weighted by atomic mass is 16.6. The second kappa shape index (κ2) is 21.4. The first-order valence-electron chi connectivity index (χ1n) is 16.2. The average molecular weight is 558 g/mol. The maximum atomic E-state index is 13.2. The molecule has 1 aliphatic rings. The van der Waals surface area contributed by atoms with Crippen molar-refractivity contribution in [3.8, 4) is 0 Å². The first-order chi connectivity index (χ1) is 19.6. The number of carbonyl (C=O) groups excluding carboxylic acids is 3. The van der Waals surface area contributed by atoms with Crippen LogP contribution >= 0.6 is 0 Å². The Kier molecular flexibility index (Phi) is 18.1. The summed E-state index contributed by atoms with van der Waals surface area (Å²) in [6, 6.07) is 8.89. The van der Waals surface area contributed by atoms with E-state index in [0.29, 0.717) is 19.3 Å². The third-order valence-corrected chi connectivity index (χ3v) is 8.13. The maximum absolute atomic E-state index is 13.2. The van der Waals surface area contributed by atoms with Gasteiger partial charge >= 0.3 is 11.9 Å². The molecule has 0 radical (unpaired) electrons. The monoisotopic (exact) mass is 557 g/mol. The third-order valence-electron chi connectivity index (χ3n) is 8.13. The van der Waals surface area contributed by atoms with Crippen LogP contribution in [-0.4, -0.2) is 36.6 Å². The summed E-state index contributed by atoms with van der Waals surface area (Å²) in [6.45, 7) is 4.43. The summed E-state index contributed by atoms with van der Waals surface area (Å²) < 4.78 is 11.5. The fourth-order valence-corrected chi connectivity index (χ4v) is 5.61. The molecule has 1 aromatic rings. The predicted octanol–water partition coefficient (Wildman–Crippen LogP) is 7.86. The van der Waals surface area contributed by atoms with Gasteiger partial charge in [-0.2, -0.15) is 0 Å². The molecule has 226 valence electrons. The van der Waals surface area contributed by atoms with E-state index in [-0.39, 0.29) is 24.1 Å². The normalized spacial score (nSPS) is 17.9. The molecule has 6 nitrogen and oxygen atoms in total. The van der Waals surface area contributed by atoms with Gasteiger partial charge in [-0.05, 0) is 24.8 Å². The quantitative estimate of drug-likeness (QED) is 0.0752. The number of carbonyl (C=O) groups is 3. The smallest absolute Gasteiger partial charge is 0.329 e. The zero-order valence-electron chi connectivity index (χ0n) is 25.2. The first kappa shape index (κ1) is 33.8. The van der Waals surface area contributed by atoms with Gasteiger partial charge in [0.25, 0.3) is 0 Å². The Morgan fingerprint density at radius 2 is 1.45 bits per heavy atom. The van der Waals surface area contributed by atoms with E-state index in [1.807, 2.05) is 30.3 Å². The highest BCUT2D eigenvalue weighted by molar-refractivity contribution is 5.79. The number of hydrogen-bond acceptors (Lipinski definition) is 5. The van der Waals surface area contributed by atoms with Crippen molar-refractivity contribution in [1.29, 1.82) is 0 Å². The molecule has 1 unspecified atom stereocenters. The molecule has 0 bridgehead atoms. The predicted molar refractivity (Wildman–Crippen MR) is 161 cm³/mol. The van der Waals surface area contributed by atoms with Crippen molar-refractivity contribution >= 4 is 18.3 Å². The lowest BCUT2D eigenvalue weighted by molar-refractivity contribution is -0.190. The van der Waals surface area contributed by atoms with Gasteiger partial charge in [-0.15, -0.1) is 0 Å². The standard InChI is InChI=1S/C34H55NO5/c1-3-5-7-9-10-11-12-13-14-15-19-23-29(26-32-30(33(37)40-32)24-20-8-6-4-2)39-34(38)31(35-27-36)25-28-21-17-16-18-22-28/h16-18,21-22,27,29-32H,3-15,19-20,23-26H2,1-2H3,(H,35,36)/t29-,30-,31-,32?/m0/s1. The molecule has 1 aromatic carbocycles. The number of unbranched alkanes of at least 4 members (excludes halogenated alkanes) is 13. The summed E-state index contributed by atoms with van der Waals surface area (Å²) in [5, 5.41) is 2.64. The van der Waals surface area contributed by atoms with E-state index in [1.54, 1.807) is 0 Å². The second-order valence-electron chi connectivity index (χ2n) is 11.6. The van der Waals surface area contributed by atoms with E-state index < -0.39 is 12.0 Å². The number of amides is 1. The highest BCUT2D eigenvalue weighted by Gasteiger charge is 2.43. The van der Waals surface area contributed by atoms with Crippen LogP contribution in [0.25, 0.3) is 0 Å². The van der Waals surface area contributed by atoms with Crippen molar-refractivity contribution in [1.82, 2.24) is 5.32 Å². The lowest BCUT2D eigenvalue weighted by Crippen LogP contribution is -2.48. The Morgan fingerprint density at radius 3 is 2.02 bits per heavy atom. The summed E-state index contributed by atoms with van der Waals surface area (Å²) in [6.07, 6.45) is 20.9. The summed E-state index contributed by atoms with van der Waals surface area (Å²) in [5.74, 6) is -0.636. The van der Waals surface area contributed by atoms with Crippen LogP contribution < -0.4 is 5.32 Å². The molecule has 1 saturated heterocycles. The first-order valence-corrected chi connectivity index (χ1v) is 16.2. The molecule has 1 N–H and O–H groups in total. The maximum Gasteiger partial charge on any atom is 0.329 e. The van der Waals surface area contributed by atoms with Gasteiger partial charge in [0.1, 0.15) is 18.2 Å². The zero-order valence-corrected chi connectivity index (χ0v) is 25.2. The SMILES string of the molecule is CCCCCCCCCCCCC[C@@H](CC1OC(=O)[C@H]1CCCCCC)OC(=O)[C@H](Cc1ccccc1)NC=O. The van der Waals surface area contributed by atoms with Crippen molar-refractivity contribution in [3.63, 3.8) is 0 Å². The Labute approximate surface area is 243 Å². The second-order valence-corrected chi connectivity index (χ2v) is 11.6. The Balaban J connectivity index is 1.86. The molecule has 1 heterocycles. The number of cyclic esters (lactones) is 1. The summed E-state index contributed by atoms with van der Waals surface area (Å²) >= 11 is 0. The number of hydrogen-bond donors (Lipinski definition) is 1. The molecule has 0 aliphatic carbocycles. The van der Waals surface area contributed by atoms with Crippen molar-refractivity contribution in [2.75, 3.05) is 0 Å². The van der Waals surface area contributed by atoms with E-state index in [9.17, 15) is 14.4 Å². The number of benzene rings is 1. The van der Waals surface area contributed by atoms with E-state index in [1.165, 1.54) is 64.2 Å². The summed E-state index contributed by atoms with van der Waals surface area (Å²) in [7, 11) is 0. The third kappa shape index (κ3) is 13.8. The zero-order chi connectivity index (χ0) is 28.8. The van der Waals surface area contributed by atoms with Gasteiger partial charge in [0.15, 0.2) is 0 Å². The van der Waals surface area contributed by atoms with Crippen LogP contribution in [0.1, 0.15) is 135 Å². The van der Waals surface area contributed by atoms with Crippen LogP contribution in [0.2, 0.25) is 0 Å². The molecular formula is C34H55NO5. The molecule has 6 heteroatoms. The largest absolute Gasteiger partial charge is 0.461 e. The number of esters is 2. The lowest BCUT2D eigenvalue weighted by Gasteiger charge is -2.37. The molecule has 1 amide bonds. The Morgan fingerprint density at radius 1 is 0.875 bits per heavy atom. The van der Waals surface area contributed by atoms with Gasteiger partial charge in [-0.25, -0.2) is 4.79 Å². The highest BCUT2D eigenvalue weighted by Crippen LogP contribution is 2.32. The molecular weight excluding hydrogens is 502 g/mol. The van der Waals surface area contributed by atoms with Crippen LogP contribution in [-0.2, 0) is 30.3 Å². The molecule has 1 fully saturated rings. The number of rotatable bonds is 25. The minimum absolute atomic E-state index is 0.0939. The van der Waals surface area contributed by atoms with E-state index in [4.69, 9.17) is 9.47 Å². The van der Waals surface area contributed by atoms with Gasteiger partial charge in [0.2, 0.25) is 6.41 Å². The fraction of sp³-hybridized carbons (Fsp3) is 0.735. The van der Waals surface area contributed by atoms with E-state index >= 15 is 0 Å². The van der Waals surface area contributed by atoms with Crippen molar-refractivity contribution in [3.05, 3.63) is 35.9 Å². The van der Waals surface area contributed by atoms with Gasteiger partial charge < -0.3 is 14.8 Å². The summed E-state index contributed by atoms with van der Waals surface area (Å²) in [5.41, 5.74) is 0.959. The van der Waals surface area contributed by atoms with Gasteiger partial charge in [0.05, 0.1) is 5.92 Å². The molecule has 2 rings (SSSR count). The number of nitrogens with one attached hydrogen (secondary N) is 1. The molecule has 40 heavy (non-hydrogen) atoms. The van der Waals surface area contributed by atoms with E-state index in [0.717, 1.165) is 50.5 Å². The van der Waals surface area contributed by atoms with E-state index in [2.05, 4.69) is 19.2 Å². The minimum atomic E-state index is -0.742. The molecule has 0 spiro atoms. The molecule has 0 saturated carbocycles. The van der Waals surface area contributed by atoms with Gasteiger partial charge in [0, 0.05) is 12.8 Å². The Hall–Kier alpha value is -2.37.